The molecule has 1 fully saturated rings. The zero-order valence-corrected chi connectivity index (χ0v) is 16.3. The summed E-state index contributed by atoms with van der Waals surface area (Å²) in [7, 11) is 0. The van der Waals surface area contributed by atoms with E-state index in [0.29, 0.717) is 14.9 Å². The van der Waals surface area contributed by atoms with Crippen LogP contribution >= 0.6 is 24.0 Å². The van der Waals surface area contributed by atoms with Gasteiger partial charge in [0.1, 0.15) is 4.32 Å². The number of amides is 2. The molecule has 6 nitrogen and oxygen atoms in total. The molecule has 2 amide bonds. The SMILES string of the molecule is O=C(CCN1C(=O)/C(=C\c2ccccc2)SC1=S)Nc1cccc(C(=O)O)c1. The molecule has 0 atom stereocenters. The summed E-state index contributed by atoms with van der Waals surface area (Å²) in [6.45, 7) is 0.154. The van der Waals surface area contributed by atoms with Gasteiger partial charge >= 0.3 is 5.97 Å². The van der Waals surface area contributed by atoms with Gasteiger partial charge in [-0.15, -0.1) is 0 Å². The lowest BCUT2D eigenvalue weighted by Gasteiger charge is -2.14. The second-order valence-corrected chi connectivity index (χ2v) is 7.60. The molecule has 1 aliphatic heterocycles. The van der Waals surface area contributed by atoms with E-state index in [1.807, 2.05) is 30.3 Å². The number of nitrogens with one attached hydrogen (secondary N) is 1. The molecule has 2 N–H and O–H groups in total. The third kappa shape index (κ3) is 4.85. The van der Waals surface area contributed by atoms with E-state index in [1.54, 1.807) is 18.2 Å². The summed E-state index contributed by atoms with van der Waals surface area (Å²) in [6, 6.07) is 15.4. The van der Waals surface area contributed by atoms with Gasteiger partial charge in [0, 0.05) is 18.7 Å². The Morgan fingerprint density at radius 1 is 1.14 bits per heavy atom. The van der Waals surface area contributed by atoms with Crippen molar-refractivity contribution in [2.45, 2.75) is 6.42 Å². The highest BCUT2D eigenvalue weighted by Gasteiger charge is 2.32. The molecule has 0 aromatic heterocycles. The molecule has 0 spiro atoms. The van der Waals surface area contributed by atoms with Crippen LogP contribution in [0.25, 0.3) is 6.08 Å². The fourth-order valence-electron chi connectivity index (χ4n) is 2.56. The number of benzene rings is 2. The first-order valence-electron chi connectivity index (χ1n) is 8.37. The van der Waals surface area contributed by atoms with E-state index in [9.17, 15) is 14.4 Å². The number of nitrogens with zero attached hydrogens (tertiary/aromatic N) is 1. The van der Waals surface area contributed by atoms with Crippen LogP contribution in [0, 0.1) is 0 Å². The standard InChI is InChI=1S/C20H16N2O4S2/c23-17(21-15-8-4-7-14(12-15)19(25)26)9-10-22-18(24)16(28-20(22)27)11-13-5-2-1-3-6-13/h1-8,11-12H,9-10H2,(H,21,23)(H,25,26)/b16-11+. The van der Waals surface area contributed by atoms with Crippen molar-refractivity contribution in [3.63, 3.8) is 0 Å². The molecule has 1 saturated heterocycles. The van der Waals surface area contributed by atoms with E-state index in [1.165, 1.54) is 28.8 Å². The lowest BCUT2D eigenvalue weighted by atomic mass is 10.2. The van der Waals surface area contributed by atoms with Crippen molar-refractivity contribution in [1.29, 1.82) is 0 Å². The van der Waals surface area contributed by atoms with Crippen LogP contribution in [0.15, 0.2) is 59.5 Å². The summed E-state index contributed by atoms with van der Waals surface area (Å²) in [5.41, 5.74) is 1.37. The number of aromatic carboxylic acids is 1. The summed E-state index contributed by atoms with van der Waals surface area (Å²) in [5, 5.41) is 11.6. The quantitative estimate of drug-likeness (QED) is 0.557. The molecule has 2 aromatic carbocycles. The Kier molecular flexibility index (Phi) is 6.23. The molecule has 2 aromatic rings. The fourth-order valence-corrected chi connectivity index (χ4v) is 3.87. The van der Waals surface area contributed by atoms with Crippen LogP contribution in [-0.4, -0.2) is 38.7 Å². The molecule has 1 heterocycles. The fraction of sp³-hybridized carbons (Fsp3) is 0.100. The Bertz CT molecular complexity index is 973. The minimum absolute atomic E-state index is 0.0440. The Labute approximate surface area is 171 Å². The largest absolute Gasteiger partial charge is 0.478 e. The highest BCUT2D eigenvalue weighted by Crippen LogP contribution is 2.32. The highest BCUT2D eigenvalue weighted by molar-refractivity contribution is 8.26. The first kappa shape index (κ1) is 19.8. The molecule has 0 saturated carbocycles. The molecule has 3 rings (SSSR count). The van der Waals surface area contributed by atoms with Gasteiger partial charge in [-0.05, 0) is 29.8 Å². The zero-order valence-electron chi connectivity index (χ0n) is 14.6. The number of carboxylic acids is 1. The summed E-state index contributed by atoms with van der Waals surface area (Å²) in [6.07, 6.45) is 1.82. The maximum Gasteiger partial charge on any atom is 0.335 e. The third-order valence-corrected chi connectivity index (χ3v) is 5.30. The molecule has 142 valence electrons. The van der Waals surface area contributed by atoms with E-state index in [0.717, 1.165) is 5.56 Å². The molecule has 0 unspecified atom stereocenters. The van der Waals surface area contributed by atoms with Crippen LogP contribution in [0.1, 0.15) is 22.3 Å². The van der Waals surface area contributed by atoms with Gasteiger partial charge in [0.25, 0.3) is 5.91 Å². The van der Waals surface area contributed by atoms with Gasteiger partial charge in [-0.2, -0.15) is 0 Å². The number of thioether (sulfide) groups is 1. The van der Waals surface area contributed by atoms with Crippen LogP contribution in [0.4, 0.5) is 5.69 Å². The number of carboxylic acid groups (broad SMARTS) is 1. The Morgan fingerprint density at radius 3 is 2.61 bits per heavy atom. The maximum absolute atomic E-state index is 12.6. The lowest BCUT2D eigenvalue weighted by molar-refractivity contribution is -0.122. The minimum Gasteiger partial charge on any atom is -0.478 e. The molecule has 1 aliphatic rings. The van der Waals surface area contributed by atoms with Crippen molar-refractivity contribution in [2.24, 2.45) is 0 Å². The molecule has 0 radical (unpaired) electrons. The van der Waals surface area contributed by atoms with Gasteiger partial charge in [0.05, 0.1) is 10.5 Å². The average molecular weight is 412 g/mol. The molecule has 8 heteroatoms. The zero-order chi connectivity index (χ0) is 20.1. The Hall–Kier alpha value is -2.97. The van der Waals surface area contributed by atoms with Gasteiger partial charge in [-0.1, -0.05) is 60.4 Å². The summed E-state index contributed by atoms with van der Waals surface area (Å²) >= 11 is 6.48. The van der Waals surface area contributed by atoms with Crippen molar-refractivity contribution in [2.75, 3.05) is 11.9 Å². The van der Waals surface area contributed by atoms with Crippen molar-refractivity contribution in [1.82, 2.24) is 4.90 Å². The van der Waals surface area contributed by atoms with E-state index < -0.39 is 5.97 Å². The number of carbonyl (C=O) groups excluding carboxylic acids is 2. The van der Waals surface area contributed by atoms with Crippen LogP contribution in [0.5, 0.6) is 0 Å². The number of rotatable bonds is 6. The second kappa shape index (κ2) is 8.81. The number of anilines is 1. The van der Waals surface area contributed by atoms with E-state index in [4.69, 9.17) is 17.3 Å². The van der Waals surface area contributed by atoms with Gasteiger partial charge < -0.3 is 10.4 Å². The van der Waals surface area contributed by atoms with Gasteiger partial charge in [0.2, 0.25) is 5.91 Å². The van der Waals surface area contributed by atoms with Crippen LogP contribution in [0.2, 0.25) is 0 Å². The molecular weight excluding hydrogens is 396 g/mol. The van der Waals surface area contributed by atoms with Crippen molar-refractivity contribution in [3.05, 3.63) is 70.6 Å². The van der Waals surface area contributed by atoms with E-state index in [-0.39, 0.29) is 30.3 Å². The van der Waals surface area contributed by atoms with Crippen LogP contribution in [-0.2, 0) is 9.59 Å². The van der Waals surface area contributed by atoms with Crippen molar-refractivity contribution >= 4 is 57.8 Å². The first-order valence-corrected chi connectivity index (χ1v) is 9.60. The van der Waals surface area contributed by atoms with Gasteiger partial charge in [-0.25, -0.2) is 4.79 Å². The number of thiocarbonyl (C=S) groups is 1. The summed E-state index contributed by atoms with van der Waals surface area (Å²) in [5.74, 6) is -1.62. The number of hydrogen-bond acceptors (Lipinski definition) is 5. The lowest BCUT2D eigenvalue weighted by Crippen LogP contribution is -2.31. The molecule has 28 heavy (non-hydrogen) atoms. The summed E-state index contributed by atoms with van der Waals surface area (Å²) in [4.78, 5) is 37.7. The van der Waals surface area contributed by atoms with Crippen LogP contribution < -0.4 is 5.32 Å². The van der Waals surface area contributed by atoms with E-state index in [2.05, 4.69) is 5.32 Å². The molecule has 0 bridgehead atoms. The topological polar surface area (TPSA) is 86.7 Å². The average Bonchev–Trinajstić information content (AvgIpc) is 2.94. The Morgan fingerprint density at radius 2 is 1.89 bits per heavy atom. The number of carbonyl (C=O) groups is 3. The highest BCUT2D eigenvalue weighted by atomic mass is 32.2. The van der Waals surface area contributed by atoms with Gasteiger partial charge in [0.15, 0.2) is 0 Å². The minimum atomic E-state index is -1.07. The van der Waals surface area contributed by atoms with Crippen molar-refractivity contribution in [3.8, 4) is 0 Å². The van der Waals surface area contributed by atoms with Crippen molar-refractivity contribution < 1.29 is 19.5 Å². The third-order valence-electron chi connectivity index (χ3n) is 3.93. The van der Waals surface area contributed by atoms with Gasteiger partial charge in [-0.3, -0.25) is 14.5 Å². The van der Waals surface area contributed by atoms with E-state index >= 15 is 0 Å². The predicted octanol–water partition coefficient (Wildman–Crippen LogP) is 3.61. The Balaban J connectivity index is 1.59. The first-order chi connectivity index (χ1) is 13.4. The predicted molar refractivity (Wildman–Crippen MR) is 113 cm³/mol. The maximum atomic E-state index is 12.6. The smallest absolute Gasteiger partial charge is 0.335 e. The molecular formula is C20H16N2O4S2. The number of hydrogen-bond donors (Lipinski definition) is 2. The molecule has 0 aliphatic carbocycles. The normalized spacial score (nSPS) is 15.1. The monoisotopic (exact) mass is 412 g/mol. The summed E-state index contributed by atoms with van der Waals surface area (Å²) < 4.78 is 0.410. The second-order valence-electron chi connectivity index (χ2n) is 5.93. The van der Waals surface area contributed by atoms with Crippen LogP contribution in [0.3, 0.4) is 0 Å².